The quantitative estimate of drug-likeness (QED) is 0.660. The first kappa shape index (κ1) is 20.9. The van der Waals surface area contributed by atoms with Crippen molar-refractivity contribution < 1.29 is 14.3 Å². The fraction of sp³-hybridized carbons (Fsp3) is 0.417. The number of methoxy groups -OCH3 is 1. The first-order chi connectivity index (χ1) is 14.2. The molecule has 0 atom stereocenters. The number of benzene rings is 2. The minimum absolute atomic E-state index is 0.0104. The molecule has 154 valence electrons. The summed E-state index contributed by atoms with van der Waals surface area (Å²) in [6.45, 7) is 0.696. The van der Waals surface area contributed by atoms with Crippen molar-refractivity contribution >= 4 is 17.5 Å². The number of nitrogens with one attached hydrogen (secondary N) is 2. The van der Waals surface area contributed by atoms with Gasteiger partial charge in [-0.15, -0.1) is 0 Å². The maximum absolute atomic E-state index is 12.6. The Morgan fingerprint density at radius 1 is 0.897 bits per heavy atom. The van der Waals surface area contributed by atoms with Crippen LogP contribution in [-0.4, -0.2) is 25.5 Å². The van der Waals surface area contributed by atoms with Crippen molar-refractivity contribution in [1.82, 2.24) is 5.32 Å². The molecule has 2 aromatic carbocycles. The Bertz CT molecular complexity index is 799. The van der Waals surface area contributed by atoms with E-state index >= 15 is 0 Å². The molecular formula is C24H30N2O3. The minimum Gasteiger partial charge on any atom is -0.495 e. The van der Waals surface area contributed by atoms with E-state index in [1.165, 1.54) is 5.56 Å². The van der Waals surface area contributed by atoms with Crippen molar-refractivity contribution in [3.63, 3.8) is 0 Å². The summed E-state index contributed by atoms with van der Waals surface area (Å²) in [4.78, 5) is 25.0. The second-order valence-electron chi connectivity index (χ2n) is 7.62. The van der Waals surface area contributed by atoms with E-state index in [1.807, 2.05) is 42.5 Å². The Labute approximate surface area is 172 Å². The van der Waals surface area contributed by atoms with Gasteiger partial charge in [-0.3, -0.25) is 9.59 Å². The molecule has 0 unspecified atom stereocenters. The number of carbonyl (C=O) groups excluding carboxylic acids is 2. The molecule has 1 fully saturated rings. The van der Waals surface area contributed by atoms with Gasteiger partial charge in [-0.1, -0.05) is 42.5 Å². The van der Waals surface area contributed by atoms with Crippen molar-refractivity contribution in [2.75, 3.05) is 19.0 Å². The Balaban J connectivity index is 1.38. The summed E-state index contributed by atoms with van der Waals surface area (Å²) >= 11 is 0. The number of aryl methyl sites for hydroxylation is 1. The zero-order valence-electron chi connectivity index (χ0n) is 17.0. The summed E-state index contributed by atoms with van der Waals surface area (Å²) in [5.41, 5.74) is 1.99. The molecule has 5 nitrogen and oxygen atoms in total. The number of hydrogen-bond donors (Lipinski definition) is 2. The van der Waals surface area contributed by atoms with E-state index in [1.54, 1.807) is 7.11 Å². The Hall–Kier alpha value is -2.82. The highest BCUT2D eigenvalue weighted by Crippen LogP contribution is 2.31. The smallest absolute Gasteiger partial charge is 0.227 e. The van der Waals surface area contributed by atoms with Crippen LogP contribution in [0.15, 0.2) is 54.6 Å². The molecule has 0 aliphatic heterocycles. The molecule has 0 spiro atoms. The molecule has 5 heteroatoms. The summed E-state index contributed by atoms with van der Waals surface area (Å²) in [5, 5.41) is 6.03. The van der Waals surface area contributed by atoms with Gasteiger partial charge in [0.15, 0.2) is 0 Å². The molecule has 2 amide bonds. The topological polar surface area (TPSA) is 67.4 Å². The maximum Gasteiger partial charge on any atom is 0.227 e. The zero-order valence-corrected chi connectivity index (χ0v) is 17.0. The summed E-state index contributed by atoms with van der Waals surface area (Å²) in [7, 11) is 1.59. The van der Waals surface area contributed by atoms with Crippen LogP contribution in [0.3, 0.4) is 0 Å². The van der Waals surface area contributed by atoms with Gasteiger partial charge in [0, 0.05) is 18.4 Å². The second-order valence-corrected chi connectivity index (χ2v) is 7.62. The van der Waals surface area contributed by atoms with Crippen LogP contribution in [0, 0.1) is 11.8 Å². The molecule has 1 aliphatic carbocycles. The van der Waals surface area contributed by atoms with Crippen LogP contribution in [0.1, 0.15) is 37.7 Å². The molecule has 29 heavy (non-hydrogen) atoms. The average molecular weight is 395 g/mol. The largest absolute Gasteiger partial charge is 0.495 e. The molecule has 3 rings (SSSR count). The van der Waals surface area contributed by atoms with E-state index in [2.05, 4.69) is 22.8 Å². The maximum atomic E-state index is 12.6. The molecule has 2 N–H and O–H groups in total. The Morgan fingerprint density at radius 2 is 1.52 bits per heavy atom. The number of ether oxygens (including phenoxy) is 1. The van der Waals surface area contributed by atoms with E-state index in [0.29, 0.717) is 18.0 Å². The molecule has 0 saturated heterocycles. The molecule has 1 saturated carbocycles. The lowest BCUT2D eigenvalue weighted by molar-refractivity contribution is -0.128. The predicted molar refractivity (Wildman–Crippen MR) is 115 cm³/mol. The molecule has 0 bridgehead atoms. The number of para-hydroxylation sites is 2. The third kappa shape index (κ3) is 6.08. The summed E-state index contributed by atoms with van der Waals surface area (Å²) < 4.78 is 5.29. The molecule has 0 radical (unpaired) electrons. The third-order valence-corrected chi connectivity index (χ3v) is 5.62. The number of amides is 2. The first-order valence-corrected chi connectivity index (χ1v) is 10.4. The van der Waals surface area contributed by atoms with Crippen LogP contribution < -0.4 is 15.4 Å². The van der Waals surface area contributed by atoms with Gasteiger partial charge in [0.1, 0.15) is 5.75 Å². The molecule has 1 aliphatic rings. The fourth-order valence-corrected chi connectivity index (χ4v) is 3.89. The second kappa shape index (κ2) is 10.6. The Morgan fingerprint density at radius 3 is 2.21 bits per heavy atom. The lowest BCUT2D eigenvalue weighted by atomic mass is 9.81. The van der Waals surface area contributed by atoms with Gasteiger partial charge in [-0.05, 0) is 56.2 Å². The van der Waals surface area contributed by atoms with Crippen LogP contribution in [-0.2, 0) is 16.0 Å². The van der Waals surface area contributed by atoms with Gasteiger partial charge in [0.25, 0.3) is 0 Å². The van der Waals surface area contributed by atoms with E-state index in [0.717, 1.165) is 38.5 Å². The number of carbonyl (C=O) groups is 2. The lowest BCUT2D eigenvalue weighted by Gasteiger charge is -2.27. The van der Waals surface area contributed by atoms with Crippen molar-refractivity contribution in [2.45, 2.75) is 38.5 Å². The predicted octanol–water partition coefficient (Wildman–Crippen LogP) is 4.19. The van der Waals surface area contributed by atoms with Gasteiger partial charge in [-0.25, -0.2) is 0 Å². The highest BCUT2D eigenvalue weighted by molar-refractivity contribution is 5.94. The highest BCUT2D eigenvalue weighted by Gasteiger charge is 2.30. The number of anilines is 1. The highest BCUT2D eigenvalue weighted by atomic mass is 16.5. The van der Waals surface area contributed by atoms with Gasteiger partial charge in [-0.2, -0.15) is 0 Å². The summed E-state index contributed by atoms with van der Waals surface area (Å²) in [6, 6.07) is 17.7. The molecule has 2 aromatic rings. The fourth-order valence-electron chi connectivity index (χ4n) is 3.89. The van der Waals surface area contributed by atoms with Crippen LogP contribution >= 0.6 is 0 Å². The first-order valence-electron chi connectivity index (χ1n) is 10.4. The lowest BCUT2D eigenvalue weighted by Crippen LogP contribution is -2.36. The SMILES string of the molecule is COc1ccccc1NC(=O)C1CCC(C(=O)NCCCc2ccccc2)CC1. The van der Waals surface area contributed by atoms with E-state index in [9.17, 15) is 9.59 Å². The van der Waals surface area contributed by atoms with Crippen LogP contribution in [0.5, 0.6) is 5.75 Å². The zero-order chi connectivity index (χ0) is 20.5. The van der Waals surface area contributed by atoms with Gasteiger partial charge in [0.2, 0.25) is 11.8 Å². The van der Waals surface area contributed by atoms with Crippen molar-refractivity contribution in [1.29, 1.82) is 0 Å². The molecular weight excluding hydrogens is 364 g/mol. The van der Waals surface area contributed by atoms with Gasteiger partial charge >= 0.3 is 0 Å². The van der Waals surface area contributed by atoms with E-state index in [4.69, 9.17) is 4.74 Å². The van der Waals surface area contributed by atoms with E-state index < -0.39 is 0 Å². The minimum atomic E-state index is -0.0537. The van der Waals surface area contributed by atoms with Gasteiger partial charge in [0.05, 0.1) is 12.8 Å². The van der Waals surface area contributed by atoms with Crippen LogP contribution in [0.2, 0.25) is 0 Å². The standard InChI is InChI=1S/C24H30N2O3/c1-29-22-12-6-5-11-21(22)26-24(28)20-15-13-19(14-16-20)23(27)25-17-7-10-18-8-3-2-4-9-18/h2-6,8-9,11-12,19-20H,7,10,13-17H2,1H3,(H,25,27)(H,26,28). The third-order valence-electron chi connectivity index (χ3n) is 5.62. The Kier molecular flexibility index (Phi) is 7.68. The van der Waals surface area contributed by atoms with Crippen molar-refractivity contribution in [2.24, 2.45) is 11.8 Å². The summed E-state index contributed by atoms with van der Waals surface area (Å²) in [6.07, 6.45) is 4.90. The number of hydrogen-bond acceptors (Lipinski definition) is 3. The normalized spacial score (nSPS) is 18.7. The molecule has 0 aromatic heterocycles. The van der Waals surface area contributed by atoms with Crippen LogP contribution in [0.25, 0.3) is 0 Å². The van der Waals surface area contributed by atoms with Crippen molar-refractivity contribution in [3.05, 3.63) is 60.2 Å². The summed E-state index contributed by atoms with van der Waals surface area (Å²) in [5.74, 6) is 0.756. The van der Waals surface area contributed by atoms with Crippen LogP contribution in [0.4, 0.5) is 5.69 Å². The number of rotatable bonds is 8. The monoisotopic (exact) mass is 394 g/mol. The average Bonchev–Trinajstić information content (AvgIpc) is 2.77. The van der Waals surface area contributed by atoms with E-state index in [-0.39, 0.29) is 23.7 Å². The molecule has 0 heterocycles. The van der Waals surface area contributed by atoms with Crippen molar-refractivity contribution in [3.8, 4) is 5.75 Å². The van der Waals surface area contributed by atoms with Gasteiger partial charge < -0.3 is 15.4 Å².